The van der Waals surface area contributed by atoms with E-state index in [1.165, 1.54) is 5.56 Å². The van der Waals surface area contributed by atoms with Gasteiger partial charge in [-0.2, -0.15) is 5.10 Å². The second-order valence-electron chi connectivity index (χ2n) is 7.73. The molecule has 0 spiro atoms. The molecule has 2 aromatic carbocycles. The van der Waals surface area contributed by atoms with Crippen LogP contribution in [0.1, 0.15) is 56.8 Å². The number of carbonyl (C=O) groups excluding carboxylic acids is 1. The first-order valence-corrected chi connectivity index (χ1v) is 8.92. The maximum Gasteiger partial charge on any atom is 0.240 e. The van der Waals surface area contributed by atoms with E-state index in [0.717, 1.165) is 22.6 Å². The number of carbonyl (C=O) groups is 1. The van der Waals surface area contributed by atoms with Crippen LogP contribution in [0.3, 0.4) is 0 Å². The number of nitrogens with zero attached hydrogens (tertiary/aromatic N) is 2. The largest absolute Gasteiger partial charge is 0.497 e. The molecule has 4 nitrogen and oxygen atoms in total. The van der Waals surface area contributed by atoms with Gasteiger partial charge in [-0.1, -0.05) is 45.0 Å². The standard InChI is InChI=1S/C22H26N2O2/c1-15(25)24-21(17-6-10-18(11-7-17)22(2,3)4)14-20(23-24)16-8-12-19(26-5)13-9-16/h6-13,21H,14H2,1-5H3. The van der Waals surface area contributed by atoms with Gasteiger partial charge in [0.25, 0.3) is 0 Å². The molecule has 1 atom stereocenters. The fraction of sp³-hybridized carbons (Fsp3) is 0.364. The van der Waals surface area contributed by atoms with Crippen molar-refractivity contribution in [3.63, 3.8) is 0 Å². The number of hydrogen-bond acceptors (Lipinski definition) is 3. The lowest BCUT2D eigenvalue weighted by Gasteiger charge is -2.23. The van der Waals surface area contributed by atoms with Crippen LogP contribution in [0.5, 0.6) is 5.75 Å². The SMILES string of the molecule is COc1ccc(C2=NN(C(C)=O)C(c3ccc(C(C)(C)C)cc3)C2)cc1. The van der Waals surface area contributed by atoms with Crippen molar-refractivity contribution in [2.45, 2.75) is 45.6 Å². The average molecular weight is 350 g/mol. The minimum Gasteiger partial charge on any atom is -0.497 e. The normalized spacial score (nSPS) is 17.2. The Morgan fingerprint density at radius 3 is 2.19 bits per heavy atom. The summed E-state index contributed by atoms with van der Waals surface area (Å²) in [5.41, 5.74) is 4.45. The summed E-state index contributed by atoms with van der Waals surface area (Å²) >= 11 is 0. The number of rotatable bonds is 3. The molecular weight excluding hydrogens is 324 g/mol. The molecule has 0 N–H and O–H groups in total. The van der Waals surface area contributed by atoms with Gasteiger partial charge in [-0.3, -0.25) is 4.79 Å². The molecule has 26 heavy (non-hydrogen) atoms. The van der Waals surface area contributed by atoms with Crippen molar-refractivity contribution in [2.24, 2.45) is 5.10 Å². The van der Waals surface area contributed by atoms with E-state index in [0.29, 0.717) is 6.42 Å². The zero-order valence-corrected chi connectivity index (χ0v) is 16.1. The third kappa shape index (κ3) is 3.64. The second-order valence-corrected chi connectivity index (χ2v) is 7.73. The molecule has 1 heterocycles. The molecule has 1 unspecified atom stereocenters. The van der Waals surface area contributed by atoms with Gasteiger partial charge in [0.05, 0.1) is 18.9 Å². The maximum absolute atomic E-state index is 12.1. The van der Waals surface area contributed by atoms with Crippen molar-refractivity contribution in [1.82, 2.24) is 5.01 Å². The van der Waals surface area contributed by atoms with E-state index in [2.05, 4.69) is 50.1 Å². The predicted octanol–water partition coefficient (Wildman–Crippen LogP) is 4.69. The summed E-state index contributed by atoms with van der Waals surface area (Å²) in [6, 6.07) is 16.3. The van der Waals surface area contributed by atoms with Crippen LogP contribution in [-0.4, -0.2) is 23.7 Å². The van der Waals surface area contributed by atoms with Crippen molar-refractivity contribution in [1.29, 1.82) is 0 Å². The lowest BCUT2D eigenvalue weighted by Crippen LogP contribution is -2.24. The fourth-order valence-corrected chi connectivity index (χ4v) is 3.22. The molecule has 1 aliphatic rings. The van der Waals surface area contributed by atoms with E-state index in [9.17, 15) is 4.79 Å². The van der Waals surface area contributed by atoms with E-state index in [1.807, 2.05) is 24.3 Å². The van der Waals surface area contributed by atoms with Gasteiger partial charge in [-0.15, -0.1) is 0 Å². The Morgan fingerprint density at radius 1 is 1.08 bits per heavy atom. The molecule has 4 heteroatoms. The van der Waals surface area contributed by atoms with Crippen molar-refractivity contribution in [3.8, 4) is 5.75 Å². The predicted molar refractivity (Wildman–Crippen MR) is 105 cm³/mol. The van der Waals surface area contributed by atoms with Gasteiger partial charge in [0.1, 0.15) is 5.75 Å². The third-order valence-corrected chi connectivity index (χ3v) is 4.82. The topological polar surface area (TPSA) is 41.9 Å². The van der Waals surface area contributed by atoms with Crippen LogP contribution in [-0.2, 0) is 10.2 Å². The molecule has 3 rings (SSSR count). The first kappa shape index (κ1) is 18.2. The highest BCUT2D eigenvalue weighted by Crippen LogP contribution is 2.34. The van der Waals surface area contributed by atoms with Gasteiger partial charge in [-0.25, -0.2) is 5.01 Å². The average Bonchev–Trinajstić information content (AvgIpc) is 3.07. The first-order chi connectivity index (χ1) is 12.3. The fourth-order valence-electron chi connectivity index (χ4n) is 3.22. The Kier molecular flexibility index (Phi) is 4.86. The van der Waals surface area contributed by atoms with E-state index >= 15 is 0 Å². The Balaban J connectivity index is 1.87. The quantitative estimate of drug-likeness (QED) is 0.806. The van der Waals surface area contributed by atoms with Crippen LogP contribution in [0.25, 0.3) is 0 Å². The Bertz CT molecular complexity index is 815. The molecule has 0 aliphatic carbocycles. The van der Waals surface area contributed by atoms with Gasteiger partial charge in [-0.05, 0) is 46.4 Å². The van der Waals surface area contributed by atoms with Crippen molar-refractivity contribution in [2.75, 3.05) is 7.11 Å². The monoisotopic (exact) mass is 350 g/mol. The van der Waals surface area contributed by atoms with Gasteiger partial charge in [0.2, 0.25) is 5.91 Å². The molecule has 0 aromatic heterocycles. The smallest absolute Gasteiger partial charge is 0.240 e. The zero-order valence-electron chi connectivity index (χ0n) is 16.1. The second kappa shape index (κ2) is 6.94. The van der Waals surface area contributed by atoms with E-state index in [1.54, 1.807) is 19.0 Å². The Labute approximate surface area is 155 Å². The molecule has 2 aromatic rings. The summed E-state index contributed by atoms with van der Waals surface area (Å²) < 4.78 is 5.22. The van der Waals surface area contributed by atoms with Gasteiger partial charge < -0.3 is 4.74 Å². The number of hydrazone groups is 1. The van der Waals surface area contributed by atoms with Gasteiger partial charge in [0.15, 0.2) is 0 Å². The molecule has 0 saturated carbocycles. The number of ether oxygens (including phenoxy) is 1. The summed E-state index contributed by atoms with van der Waals surface area (Å²) in [5.74, 6) is 0.767. The van der Waals surface area contributed by atoms with Gasteiger partial charge in [0, 0.05) is 13.3 Å². The highest BCUT2D eigenvalue weighted by molar-refractivity contribution is 6.03. The molecule has 1 amide bonds. The molecule has 136 valence electrons. The van der Waals surface area contributed by atoms with Crippen LogP contribution in [0.2, 0.25) is 0 Å². The lowest BCUT2D eigenvalue weighted by atomic mass is 9.86. The summed E-state index contributed by atoms with van der Waals surface area (Å²) in [6.45, 7) is 8.16. The minimum atomic E-state index is -0.0568. The molecule has 1 aliphatic heterocycles. The minimum absolute atomic E-state index is 0.0431. The summed E-state index contributed by atoms with van der Waals surface area (Å²) in [6.07, 6.45) is 0.709. The van der Waals surface area contributed by atoms with E-state index in [4.69, 9.17) is 4.74 Å². The summed E-state index contributed by atoms with van der Waals surface area (Å²) in [5, 5.41) is 6.20. The van der Waals surface area contributed by atoms with Crippen molar-refractivity contribution in [3.05, 3.63) is 65.2 Å². The number of methoxy groups -OCH3 is 1. The van der Waals surface area contributed by atoms with E-state index in [-0.39, 0.29) is 17.4 Å². The highest BCUT2D eigenvalue weighted by Gasteiger charge is 2.31. The third-order valence-electron chi connectivity index (χ3n) is 4.82. The van der Waals surface area contributed by atoms with Crippen LogP contribution in [0, 0.1) is 0 Å². The van der Waals surface area contributed by atoms with Gasteiger partial charge >= 0.3 is 0 Å². The molecule has 0 fully saturated rings. The van der Waals surface area contributed by atoms with Crippen molar-refractivity contribution < 1.29 is 9.53 Å². The van der Waals surface area contributed by atoms with Crippen LogP contribution >= 0.6 is 0 Å². The van der Waals surface area contributed by atoms with Crippen LogP contribution in [0.15, 0.2) is 53.6 Å². The Morgan fingerprint density at radius 2 is 1.69 bits per heavy atom. The molecule has 0 saturated heterocycles. The number of benzene rings is 2. The lowest BCUT2D eigenvalue weighted by molar-refractivity contribution is -0.130. The zero-order chi connectivity index (χ0) is 18.9. The van der Waals surface area contributed by atoms with Crippen LogP contribution < -0.4 is 4.74 Å². The maximum atomic E-state index is 12.1. The number of amides is 1. The molecular formula is C22H26N2O2. The molecule has 0 bridgehead atoms. The van der Waals surface area contributed by atoms with E-state index < -0.39 is 0 Å². The van der Waals surface area contributed by atoms with Crippen molar-refractivity contribution >= 4 is 11.6 Å². The highest BCUT2D eigenvalue weighted by atomic mass is 16.5. The summed E-state index contributed by atoms with van der Waals surface area (Å²) in [7, 11) is 1.65. The summed E-state index contributed by atoms with van der Waals surface area (Å²) in [4.78, 5) is 12.1. The first-order valence-electron chi connectivity index (χ1n) is 8.92. The Hall–Kier alpha value is -2.62. The number of hydrogen-bond donors (Lipinski definition) is 0. The van der Waals surface area contributed by atoms with Crippen LogP contribution in [0.4, 0.5) is 0 Å². The molecule has 0 radical (unpaired) electrons.